The van der Waals surface area contributed by atoms with Gasteiger partial charge in [-0.15, -0.1) is 0 Å². The lowest BCUT2D eigenvalue weighted by Crippen LogP contribution is -2.49. The van der Waals surface area contributed by atoms with E-state index in [1.165, 1.54) is 6.92 Å². The van der Waals surface area contributed by atoms with Crippen molar-refractivity contribution in [2.24, 2.45) is 0 Å². The van der Waals surface area contributed by atoms with Gasteiger partial charge in [-0.2, -0.15) is 4.31 Å². The van der Waals surface area contributed by atoms with Gasteiger partial charge in [-0.3, -0.25) is 14.3 Å². The highest BCUT2D eigenvalue weighted by Gasteiger charge is 2.57. The van der Waals surface area contributed by atoms with Crippen LogP contribution in [0.4, 0.5) is 0 Å². The molecular weight excluding hydrogens is 521 g/mol. The Labute approximate surface area is 183 Å². The summed E-state index contributed by atoms with van der Waals surface area (Å²) >= 11 is 4.47. The Kier molecular flexibility index (Phi) is 8.05. The second-order valence-corrected chi connectivity index (χ2v) is 12.3. The molecule has 6 unspecified atom stereocenters. The summed E-state index contributed by atoms with van der Waals surface area (Å²) in [7, 11) is -11.1. The Morgan fingerprint density at radius 3 is 2.41 bits per heavy atom. The number of nitrogens with zero attached hydrogens (tertiary/aromatic N) is 1. The van der Waals surface area contributed by atoms with Crippen molar-refractivity contribution < 1.29 is 56.8 Å². The van der Waals surface area contributed by atoms with Crippen LogP contribution in [0.2, 0.25) is 0 Å². The molecule has 1 aromatic heterocycles. The number of rotatable bonds is 9. The molecule has 6 atom stereocenters. The van der Waals surface area contributed by atoms with E-state index in [4.69, 9.17) is 19.0 Å². The Morgan fingerprint density at radius 1 is 1.31 bits per heavy atom. The standard InChI is InChI=1S/C12H19N2O14P3S/c1-6(2)12(18)9(16)7(26-10(12)14-4-3-8(15)13-11(14)17)5-25-31(24,32)28-30(22,23)27-29(19,20)21/h3-4,7,9-10,16,18H,1,5H2,2H3,(H,22,23)(H,24,32)(H,13,15,17)(H2,19,20,21). The van der Waals surface area contributed by atoms with Crippen molar-refractivity contribution >= 4 is 34.2 Å². The monoisotopic (exact) mass is 540 g/mol. The number of phosphoric acid groups is 2. The van der Waals surface area contributed by atoms with Crippen LogP contribution in [-0.2, 0) is 38.8 Å². The van der Waals surface area contributed by atoms with Crippen molar-refractivity contribution in [2.45, 2.75) is 31.0 Å². The van der Waals surface area contributed by atoms with Gasteiger partial charge in [-0.25, -0.2) is 18.2 Å². The van der Waals surface area contributed by atoms with Crippen molar-refractivity contribution in [1.29, 1.82) is 0 Å². The summed E-state index contributed by atoms with van der Waals surface area (Å²) < 4.78 is 40.7. The molecule has 2 heterocycles. The largest absolute Gasteiger partial charge is 0.488 e. The van der Waals surface area contributed by atoms with Crippen molar-refractivity contribution in [3.63, 3.8) is 0 Å². The molecule has 0 bridgehead atoms. The van der Waals surface area contributed by atoms with Gasteiger partial charge in [0.15, 0.2) is 11.8 Å². The predicted octanol–water partition coefficient (Wildman–Crippen LogP) is -1.44. The number of aliphatic hydroxyl groups excluding tert-OH is 1. The van der Waals surface area contributed by atoms with Gasteiger partial charge in [0.05, 0.1) is 6.61 Å². The molecule has 0 aliphatic carbocycles. The Morgan fingerprint density at radius 2 is 1.91 bits per heavy atom. The number of H-pyrrole nitrogens is 1. The van der Waals surface area contributed by atoms with Crippen LogP contribution < -0.4 is 11.2 Å². The lowest BCUT2D eigenvalue weighted by atomic mass is 9.87. The Bertz CT molecular complexity index is 1140. The Hall–Kier alpha value is -0.870. The van der Waals surface area contributed by atoms with E-state index in [-0.39, 0.29) is 5.57 Å². The first-order valence-corrected chi connectivity index (χ1v) is 13.8. The molecule has 1 aliphatic heterocycles. The molecule has 32 heavy (non-hydrogen) atoms. The fraction of sp³-hybridized carbons (Fsp3) is 0.500. The minimum Gasteiger partial charge on any atom is -0.387 e. The van der Waals surface area contributed by atoms with E-state index < -0.39 is 64.3 Å². The molecule has 0 amide bonds. The van der Waals surface area contributed by atoms with E-state index >= 15 is 0 Å². The number of aromatic amines is 1. The molecule has 0 aromatic carbocycles. The molecule has 20 heteroatoms. The number of hydrogen-bond donors (Lipinski definition) is 7. The number of nitrogens with one attached hydrogen (secondary N) is 1. The lowest BCUT2D eigenvalue weighted by Gasteiger charge is -2.32. The zero-order valence-electron chi connectivity index (χ0n) is 15.9. The number of aliphatic hydroxyl groups is 2. The van der Waals surface area contributed by atoms with E-state index in [1.54, 1.807) is 0 Å². The maximum absolute atomic E-state index is 12.1. The first kappa shape index (κ1) is 27.4. The average molecular weight is 540 g/mol. The summed E-state index contributed by atoms with van der Waals surface area (Å²) in [4.78, 5) is 61.6. The maximum atomic E-state index is 12.1. The van der Waals surface area contributed by atoms with Crippen LogP contribution in [0.1, 0.15) is 13.2 Å². The van der Waals surface area contributed by atoms with Crippen LogP contribution in [-0.4, -0.2) is 63.8 Å². The third-order valence-corrected chi connectivity index (χ3v) is 8.81. The highest BCUT2D eigenvalue weighted by atomic mass is 32.5. The van der Waals surface area contributed by atoms with Crippen LogP contribution in [0.5, 0.6) is 0 Å². The fourth-order valence-electron chi connectivity index (χ4n) is 2.73. The van der Waals surface area contributed by atoms with E-state index in [1.807, 2.05) is 4.98 Å². The van der Waals surface area contributed by atoms with E-state index in [9.17, 15) is 38.7 Å². The fourth-order valence-corrected chi connectivity index (χ4v) is 6.70. The van der Waals surface area contributed by atoms with Gasteiger partial charge in [0.1, 0.15) is 12.2 Å². The van der Waals surface area contributed by atoms with Gasteiger partial charge in [0.25, 0.3) is 5.56 Å². The molecule has 1 aliphatic rings. The quantitative estimate of drug-likeness (QED) is 0.140. The van der Waals surface area contributed by atoms with Crippen LogP contribution >= 0.6 is 22.4 Å². The molecule has 0 radical (unpaired) electrons. The number of aromatic nitrogens is 2. The lowest BCUT2D eigenvalue weighted by molar-refractivity contribution is -0.0869. The average Bonchev–Trinajstić information content (AvgIpc) is 2.83. The zero-order valence-corrected chi connectivity index (χ0v) is 19.4. The summed E-state index contributed by atoms with van der Waals surface area (Å²) in [5, 5.41) is 21.5. The van der Waals surface area contributed by atoms with Crippen LogP contribution in [0, 0.1) is 0 Å². The van der Waals surface area contributed by atoms with Crippen molar-refractivity contribution in [3.05, 3.63) is 45.3 Å². The van der Waals surface area contributed by atoms with Crippen molar-refractivity contribution in [1.82, 2.24) is 9.55 Å². The summed E-state index contributed by atoms with van der Waals surface area (Å²) in [6.07, 6.45) is -4.05. The molecule has 0 spiro atoms. The maximum Gasteiger partial charge on any atom is 0.488 e. The molecule has 2 rings (SSSR count). The molecule has 182 valence electrons. The predicted molar refractivity (Wildman–Crippen MR) is 107 cm³/mol. The van der Waals surface area contributed by atoms with E-state index in [0.717, 1.165) is 16.8 Å². The van der Waals surface area contributed by atoms with E-state index in [2.05, 4.69) is 27.0 Å². The molecule has 1 saturated heterocycles. The van der Waals surface area contributed by atoms with Gasteiger partial charge >= 0.3 is 28.1 Å². The summed E-state index contributed by atoms with van der Waals surface area (Å²) in [5.41, 5.74) is -4.11. The van der Waals surface area contributed by atoms with E-state index in [0.29, 0.717) is 0 Å². The van der Waals surface area contributed by atoms with Crippen molar-refractivity contribution in [3.8, 4) is 0 Å². The number of ether oxygens (including phenoxy) is 1. The SMILES string of the molecule is C=C(C)C1(O)C(O)C(COP(O)(=S)OP(=O)(O)OP(=O)(O)O)OC1n1ccc(=O)[nH]c1=O. The number of hydrogen-bond acceptors (Lipinski definition) is 11. The minimum absolute atomic E-state index is 0.0646. The Balaban J connectivity index is 2.24. The molecule has 1 aromatic rings. The molecule has 0 saturated carbocycles. The topological polar surface area (TPSA) is 247 Å². The normalized spacial score (nSPS) is 29.9. The van der Waals surface area contributed by atoms with Crippen LogP contribution in [0.15, 0.2) is 34.0 Å². The zero-order chi connectivity index (χ0) is 24.7. The van der Waals surface area contributed by atoms with Crippen LogP contribution in [0.3, 0.4) is 0 Å². The van der Waals surface area contributed by atoms with Crippen LogP contribution in [0.25, 0.3) is 0 Å². The van der Waals surface area contributed by atoms with Crippen molar-refractivity contribution in [2.75, 3.05) is 6.61 Å². The summed E-state index contributed by atoms with van der Waals surface area (Å²) in [6, 6.07) is 0.945. The molecule has 1 fully saturated rings. The van der Waals surface area contributed by atoms with Gasteiger partial charge in [-0.1, -0.05) is 6.58 Å². The van der Waals surface area contributed by atoms with Gasteiger partial charge in [0, 0.05) is 12.3 Å². The van der Waals surface area contributed by atoms with Gasteiger partial charge in [-0.05, 0) is 24.3 Å². The van der Waals surface area contributed by atoms with Gasteiger partial charge < -0.3 is 39.0 Å². The summed E-state index contributed by atoms with van der Waals surface area (Å²) in [6.45, 7) is -0.757. The first-order valence-electron chi connectivity index (χ1n) is 8.20. The summed E-state index contributed by atoms with van der Waals surface area (Å²) in [5.74, 6) is 0. The highest BCUT2D eigenvalue weighted by Crippen LogP contribution is 2.66. The first-order chi connectivity index (χ1) is 14.4. The molecule has 16 nitrogen and oxygen atoms in total. The molecule has 7 N–H and O–H groups in total. The third-order valence-electron chi connectivity index (χ3n) is 4.09. The second-order valence-electron chi connectivity index (χ2n) is 6.48. The second kappa shape index (κ2) is 9.41. The van der Waals surface area contributed by atoms with Gasteiger partial charge in [0.2, 0.25) is 0 Å². The highest BCUT2D eigenvalue weighted by molar-refractivity contribution is 8.08. The smallest absolute Gasteiger partial charge is 0.387 e. The minimum atomic E-state index is -5.56. The molecular formula is C12H19N2O14P3S. The third kappa shape index (κ3) is 6.38.